The molecule has 0 saturated heterocycles. The summed E-state index contributed by atoms with van der Waals surface area (Å²) < 4.78 is 37.3. The van der Waals surface area contributed by atoms with E-state index in [2.05, 4.69) is 11.8 Å². The molecular formula is C17H24FO3P. The summed E-state index contributed by atoms with van der Waals surface area (Å²) in [7, 11) is -3.85. The first-order valence-corrected chi connectivity index (χ1v) is 9.33. The van der Waals surface area contributed by atoms with Gasteiger partial charge in [-0.3, -0.25) is 4.57 Å². The third kappa shape index (κ3) is 6.75. The molecule has 0 heterocycles. The van der Waals surface area contributed by atoms with Gasteiger partial charge in [-0.05, 0) is 30.9 Å². The van der Waals surface area contributed by atoms with Crippen molar-refractivity contribution in [1.82, 2.24) is 0 Å². The molecule has 0 aromatic heterocycles. The van der Waals surface area contributed by atoms with E-state index in [4.69, 9.17) is 9.05 Å². The van der Waals surface area contributed by atoms with Crippen molar-refractivity contribution in [3.05, 3.63) is 35.9 Å². The molecule has 122 valence electrons. The predicted octanol–water partition coefficient (Wildman–Crippen LogP) is 5.16. The first-order chi connectivity index (χ1) is 10.6. The van der Waals surface area contributed by atoms with Crippen molar-refractivity contribution in [3.63, 3.8) is 0 Å². The van der Waals surface area contributed by atoms with Gasteiger partial charge in [0.2, 0.25) is 0 Å². The Morgan fingerprint density at radius 3 is 2.14 bits per heavy atom. The summed E-state index contributed by atoms with van der Waals surface area (Å²) in [5.41, 5.74) is 0.666. The monoisotopic (exact) mass is 326 g/mol. The zero-order valence-electron chi connectivity index (χ0n) is 13.3. The highest BCUT2D eigenvalue weighted by Crippen LogP contribution is 2.53. The molecule has 1 aromatic carbocycles. The number of hydrogen-bond acceptors (Lipinski definition) is 3. The van der Waals surface area contributed by atoms with Crippen molar-refractivity contribution in [2.75, 3.05) is 13.2 Å². The summed E-state index contributed by atoms with van der Waals surface area (Å²) >= 11 is 0. The van der Waals surface area contributed by atoms with Gasteiger partial charge in [0, 0.05) is 5.56 Å². The molecule has 0 aliphatic rings. The van der Waals surface area contributed by atoms with Crippen molar-refractivity contribution in [2.45, 2.75) is 45.4 Å². The molecule has 0 aliphatic carbocycles. The fourth-order valence-electron chi connectivity index (χ4n) is 1.58. The standard InChI is InChI=1S/C17H24FO3P/c1-3-5-14-20-22(19,21-15-6-4-2)17(18)13-12-16-10-8-7-9-11-16/h7-11,17H,3-6,14-15H2,1-2H3. The average molecular weight is 326 g/mol. The second kappa shape index (κ2) is 10.6. The number of halogens is 1. The Kier molecular flexibility index (Phi) is 9.08. The Bertz CT molecular complexity index is 508. The lowest BCUT2D eigenvalue weighted by atomic mass is 10.2. The Hall–Kier alpha value is -1.14. The highest BCUT2D eigenvalue weighted by molar-refractivity contribution is 7.54. The van der Waals surface area contributed by atoms with Gasteiger partial charge in [-0.1, -0.05) is 50.8 Å². The van der Waals surface area contributed by atoms with Crippen LogP contribution in [0.3, 0.4) is 0 Å². The lowest BCUT2D eigenvalue weighted by Crippen LogP contribution is -2.08. The topological polar surface area (TPSA) is 35.5 Å². The minimum atomic E-state index is -3.85. The highest BCUT2D eigenvalue weighted by Gasteiger charge is 2.35. The molecule has 0 saturated carbocycles. The maximum absolute atomic E-state index is 14.3. The maximum Gasteiger partial charge on any atom is 0.376 e. The van der Waals surface area contributed by atoms with E-state index in [0.29, 0.717) is 18.4 Å². The van der Waals surface area contributed by atoms with Gasteiger partial charge in [-0.25, -0.2) is 4.39 Å². The Morgan fingerprint density at radius 2 is 1.64 bits per heavy atom. The number of benzene rings is 1. The number of hydrogen-bond donors (Lipinski definition) is 0. The minimum absolute atomic E-state index is 0.216. The minimum Gasteiger partial charge on any atom is -0.306 e. The van der Waals surface area contributed by atoms with Crippen LogP contribution < -0.4 is 0 Å². The summed E-state index contributed by atoms with van der Waals surface area (Å²) in [4.78, 5) is 0. The second-order valence-corrected chi connectivity index (χ2v) is 6.93. The summed E-state index contributed by atoms with van der Waals surface area (Å²) in [5.74, 6) is 3.11. The third-order valence-corrected chi connectivity index (χ3v) is 4.69. The zero-order chi connectivity index (χ0) is 16.3. The molecule has 0 fully saturated rings. The second-order valence-electron chi connectivity index (χ2n) is 4.88. The fraction of sp³-hybridized carbons (Fsp3) is 0.529. The van der Waals surface area contributed by atoms with E-state index >= 15 is 0 Å². The maximum atomic E-state index is 14.3. The number of unbranched alkanes of at least 4 members (excludes halogenated alkanes) is 2. The van der Waals surface area contributed by atoms with E-state index in [1.54, 1.807) is 12.1 Å². The van der Waals surface area contributed by atoms with Crippen LogP contribution in [0, 0.1) is 11.8 Å². The van der Waals surface area contributed by atoms with Crippen molar-refractivity contribution < 1.29 is 18.0 Å². The van der Waals surface area contributed by atoms with Crippen LogP contribution in [0.15, 0.2) is 30.3 Å². The molecule has 5 heteroatoms. The van der Waals surface area contributed by atoms with Crippen molar-refractivity contribution in [3.8, 4) is 11.8 Å². The molecule has 0 amide bonds. The summed E-state index contributed by atoms with van der Waals surface area (Å²) in [6.45, 7) is 4.39. The summed E-state index contributed by atoms with van der Waals surface area (Å²) in [6.07, 6.45) is 3.17. The molecule has 1 atom stereocenters. The average Bonchev–Trinajstić information content (AvgIpc) is 2.54. The molecular weight excluding hydrogens is 302 g/mol. The van der Waals surface area contributed by atoms with Crippen LogP contribution in [0.4, 0.5) is 4.39 Å². The lowest BCUT2D eigenvalue weighted by Gasteiger charge is -2.18. The van der Waals surface area contributed by atoms with Gasteiger partial charge in [0.1, 0.15) is 0 Å². The van der Waals surface area contributed by atoms with Crippen LogP contribution in [-0.4, -0.2) is 19.1 Å². The summed E-state index contributed by atoms with van der Waals surface area (Å²) in [6, 6.07) is 9.00. The zero-order valence-corrected chi connectivity index (χ0v) is 14.2. The van der Waals surface area contributed by atoms with Crippen molar-refractivity contribution in [1.29, 1.82) is 0 Å². The summed E-state index contributed by atoms with van der Waals surface area (Å²) in [5, 5.41) is 0. The van der Waals surface area contributed by atoms with E-state index in [9.17, 15) is 8.96 Å². The molecule has 1 unspecified atom stereocenters. The fourth-order valence-corrected chi connectivity index (χ4v) is 2.91. The van der Waals surface area contributed by atoms with Gasteiger partial charge < -0.3 is 9.05 Å². The Morgan fingerprint density at radius 1 is 1.09 bits per heavy atom. The number of alkyl halides is 1. The van der Waals surface area contributed by atoms with Crippen LogP contribution in [0.2, 0.25) is 0 Å². The van der Waals surface area contributed by atoms with Crippen molar-refractivity contribution in [2.24, 2.45) is 0 Å². The van der Waals surface area contributed by atoms with Crippen LogP contribution in [-0.2, 0) is 13.6 Å². The third-order valence-electron chi connectivity index (χ3n) is 2.93. The van der Waals surface area contributed by atoms with E-state index in [1.165, 1.54) is 0 Å². The molecule has 0 bridgehead atoms. The van der Waals surface area contributed by atoms with E-state index in [1.807, 2.05) is 32.0 Å². The van der Waals surface area contributed by atoms with E-state index in [0.717, 1.165) is 12.8 Å². The normalized spacial score (nSPS) is 12.5. The van der Waals surface area contributed by atoms with Gasteiger partial charge in [0.05, 0.1) is 13.2 Å². The van der Waals surface area contributed by atoms with E-state index < -0.39 is 13.5 Å². The lowest BCUT2D eigenvalue weighted by molar-refractivity contribution is 0.182. The molecule has 3 nitrogen and oxygen atoms in total. The number of rotatable bonds is 9. The molecule has 0 radical (unpaired) electrons. The predicted molar refractivity (Wildman–Crippen MR) is 87.5 cm³/mol. The Balaban J connectivity index is 2.75. The molecule has 0 N–H and O–H groups in total. The molecule has 22 heavy (non-hydrogen) atoms. The van der Waals surface area contributed by atoms with Gasteiger partial charge in [0.15, 0.2) is 0 Å². The van der Waals surface area contributed by atoms with Gasteiger partial charge in [-0.2, -0.15) is 0 Å². The van der Waals surface area contributed by atoms with Crippen LogP contribution >= 0.6 is 7.60 Å². The van der Waals surface area contributed by atoms with Crippen LogP contribution in [0.1, 0.15) is 45.1 Å². The van der Waals surface area contributed by atoms with Gasteiger partial charge in [0.25, 0.3) is 5.91 Å². The smallest absolute Gasteiger partial charge is 0.306 e. The quantitative estimate of drug-likeness (QED) is 0.357. The SMILES string of the molecule is CCCCOP(=O)(OCCCC)C(F)C#Cc1ccccc1. The van der Waals surface area contributed by atoms with Crippen molar-refractivity contribution >= 4 is 7.60 Å². The van der Waals surface area contributed by atoms with Gasteiger partial charge >= 0.3 is 7.60 Å². The first kappa shape index (κ1) is 18.9. The Labute approximate surface area is 132 Å². The van der Waals surface area contributed by atoms with Crippen LogP contribution in [0.5, 0.6) is 0 Å². The van der Waals surface area contributed by atoms with E-state index in [-0.39, 0.29) is 13.2 Å². The van der Waals surface area contributed by atoms with Gasteiger partial charge in [-0.15, -0.1) is 0 Å². The molecule has 0 spiro atoms. The highest BCUT2D eigenvalue weighted by atomic mass is 31.2. The molecule has 1 rings (SSSR count). The first-order valence-electron chi connectivity index (χ1n) is 7.72. The molecule has 0 aliphatic heterocycles. The van der Waals surface area contributed by atoms with Crippen LogP contribution in [0.25, 0.3) is 0 Å². The molecule has 1 aromatic rings. The largest absolute Gasteiger partial charge is 0.376 e.